The van der Waals surface area contributed by atoms with Gasteiger partial charge in [-0.25, -0.2) is 0 Å². The summed E-state index contributed by atoms with van der Waals surface area (Å²) in [6, 6.07) is 13.5. The molecule has 1 amide bonds. The maximum atomic E-state index is 12.4. The smallest absolute Gasteiger partial charge is 0.228 e. The summed E-state index contributed by atoms with van der Waals surface area (Å²) in [5.41, 5.74) is 3.08. The van der Waals surface area contributed by atoms with Gasteiger partial charge in [-0.15, -0.1) is 0 Å². The van der Waals surface area contributed by atoms with Crippen molar-refractivity contribution in [1.29, 1.82) is 0 Å². The van der Waals surface area contributed by atoms with Crippen LogP contribution in [0.4, 0.5) is 5.82 Å². The first-order chi connectivity index (χ1) is 12.2. The van der Waals surface area contributed by atoms with Gasteiger partial charge in [-0.3, -0.25) is 14.9 Å². The molecule has 0 saturated heterocycles. The van der Waals surface area contributed by atoms with Gasteiger partial charge in [0.05, 0.1) is 5.69 Å². The van der Waals surface area contributed by atoms with Crippen LogP contribution in [0.25, 0.3) is 11.3 Å². The van der Waals surface area contributed by atoms with Crippen LogP contribution < -0.4 is 5.32 Å². The maximum absolute atomic E-state index is 12.4. The molecule has 0 bridgehead atoms. The Balaban J connectivity index is 1.34. The fraction of sp³-hybridized carbons (Fsp3) is 0.211. The van der Waals surface area contributed by atoms with E-state index in [1.807, 2.05) is 42.5 Å². The highest BCUT2D eigenvalue weighted by Crippen LogP contribution is 2.42. The minimum absolute atomic E-state index is 0.0259. The SMILES string of the molecule is O=C(Nc1cc(-c2ccncc2)[nH]n1)C1CC(c2ccc(Cl)cc2)C1. The number of hydrogen-bond donors (Lipinski definition) is 2. The number of halogens is 1. The van der Waals surface area contributed by atoms with Crippen LogP contribution in [-0.4, -0.2) is 21.1 Å². The normalized spacial score (nSPS) is 19.2. The topological polar surface area (TPSA) is 70.7 Å². The van der Waals surface area contributed by atoms with Gasteiger partial charge in [0, 0.05) is 35.0 Å². The van der Waals surface area contributed by atoms with Gasteiger partial charge in [-0.1, -0.05) is 23.7 Å². The molecule has 0 radical (unpaired) electrons. The summed E-state index contributed by atoms with van der Waals surface area (Å²) >= 11 is 5.92. The summed E-state index contributed by atoms with van der Waals surface area (Å²) in [5.74, 6) is 1.03. The predicted octanol–water partition coefficient (Wildman–Crippen LogP) is 4.26. The van der Waals surface area contributed by atoms with Crippen LogP contribution in [0.5, 0.6) is 0 Å². The molecule has 1 aromatic carbocycles. The highest BCUT2D eigenvalue weighted by molar-refractivity contribution is 6.30. The number of benzene rings is 1. The van der Waals surface area contributed by atoms with E-state index in [1.54, 1.807) is 12.4 Å². The van der Waals surface area contributed by atoms with Crippen LogP contribution in [-0.2, 0) is 4.79 Å². The van der Waals surface area contributed by atoms with E-state index in [0.717, 1.165) is 29.1 Å². The Morgan fingerprint density at radius 2 is 1.84 bits per heavy atom. The van der Waals surface area contributed by atoms with Gasteiger partial charge in [0.25, 0.3) is 0 Å². The number of aromatic nitrogens is 3. The molecule has 1 fully saturated rings. The first kappa shape index (κ1) is 15.8. The molecule has 3 aromatic rings. The van der Waals surface area contributed by atoms with Crippen molar-refractivity contribution in [2.24, 2.45) is 5.92 Å². The lowest BCUT2D eigenvalue weighted by Crippen LogP contribution is -2.33. The molecule has 4 rings (SSSR count). The summed E-state index contributed by atoms with van der Waals surface area (Å²) < 4.78 is 0. The van der Waals surface area contributed by atoms with Crippen molar-refractivity contribution < 1.29 is 4.79 Å². The molecule has 2 N–H and O–H groups in total. The van der Waals surface area contributed by atoms with Gasteiger partial charge >= 0.3 is 0 Å². The van der Waals surface area contributed by atoms with Crippen molar-refractivity contribution in [1.82, 2.24) is 15.2 Å². The molecule has 0 spiro atoms. The fourth-order valence-corrected chi connectivity index (χ4v) is 3.26. The summed E-state index contributed by atoms with van der Waals surface area (Å²) in [6.45, 7) is 0. The second-order valence-corrected chi connectivity index (χ2v) is 6.75. The predicted molar refractivity (Wildman–Crippen MR) is 97.4 cm³/mol. The molecule has 0 aliphatic heterocycles. The van der Waals surface area contributed by atoms with E-state index in [4.69, 9.17) is 11.6 Å². The van der Waals surface area contributed by atoms with Crippen molar-refractivity contribution >= 4 is 23.3 Å². The number of carbonyl (C=O) groups excluding carboxylic acids is 1. The van der Waals surface area contributed by atoms with Crippen LogP contribution in [0.2, 0.25) is 5.02 Å². The summed E-state index contributed by atoms with van der Waals surface area (Å²) in [5, 5.41) is 10.7. The Bertz CT molecular complexity index is 870. The molecule has 5 nitrogen and oxygen atoms in total. The van der Waals surface area contributed by atoms with E-state index >= 15 is 0 Å². The monoisotopic (exact) mass is 352 g/mol. The molecule has 1 aliphatic carbocycles. The third-order valence-corrected chi connectivity index (χ3v) is 4.92. The minimum atomic E-state index is 0.0259. The standard InChI is InChI=1S/C19H17ClN4O/c20-16-3-1-12(2-4-16)14-9-15(10-14)19(25)22-18-11-17(23-24-18)13-5-7-21-8-6-13/h1-8,11,14-15H,9-10H2,(H2,22,23,24,25). The van der Waals surface area contributed by atoms with E-state index < -0.39 is 0 Å². The highest BCUT2D eigenvalue weighted by Gasteiger charge is 2.35. The van der Waals surface area contributed by atoms with Gasteiger partial charge in [-0.05, 0) is 48.6 Å². The zero-order chi connectivity index (χ0) is 17.2. The van der Waals surface area contributed by atoms with E-state index in [2.05, 4.69) is 20.5 Å². The number of nitrogens with one attached hydrogen (secondary N) is 2. The second kappa shape index (κ2) is 6.69. The number of amides is 1. The third kappa shape index (κ3) is 3.42. The number of pyridine rings is 1. The zero-order valence-electron chi connectivity index (χ0n) is 13.4. The van der Waals surface area contributed by atoms with Crippen LogP contribution in [0.1, 0.15) is 24.3 Å². The van der Waals surface area contributed by atoms with Crippen molar-refractivity contribution in [2.75, 3.05) is 5.32 Å². The molecule has 0 unspecified atom stereocenters. The van der Waals surface area contributed by atoms with Crippen molar-refractivity contribution in [3.63, 3.8) is 0 Å². The lowest BCUT2D eigenvalue weighted by molar-refractivity contribution is -0.122. The summed E-state index contributed by atoms with van der Waals surface area (Å²) in [6.07, 6.45) is 5.16. The number of rotatable bonds is 4. The Labute approximate surface area is 150 Å². The number of nitrogens with zero attached hydrogens (tertiary/aromatic N) is 2. The maximum Gasteiger partial charge on any atom is 0.228 e. The van der Waals surface area contributed by atoms with E-state index in [0.29, 0.717) is 11.7 Å². The van der Waals surface area contributed by atoms with E-state index in [1.165, 1.54) is 5.56 Å². The van der Waals surface area contributed by atoms with Gasteiger partial charge < -0.3 is 5.32 Å². The number of aromatic amines is 1. The average molecular weight is 353 g/mol. The molecule has 126 valence electrons. The molecule has 1 aliphatic rings. The average Bonchev–Trinajstić information content (AvgIpc) is 3.04. The Hall–Kier alpha value is -2.66. The largest absolute Gasteiger partial charge is 0.309 e. The molecular weight excluding hydrogens is 336 g/mol. The molecule has 6 heteroatoms. The van der Waals surface area contributed by atoms with Gasteiger partial charge in [-0.2, -0.15) is 5.10 Å². The molecule has 0 atom stereocenters. The first-order valence-electron chi connectivity index (χ1n) is 8.21. The lowest BCUT2D eigenvalue weighted by atomic mass is 9.71. The quantitative estimate of drug-likeness (QED) is 0.737. The van der Waals surface area contributed by atoms with Crippen molar-refractivity contribution in [2.45, 2.75) is 18.8 Å². The molecule has 1 saturated carbocycles. The van der Waals surface area contributed by atoms with E-state index in [-0.39, 0.29) is 11.8 Å². The van der Waals surface area contributed by atoms with Crippen LogP contribution in [0.3, 0.4) is 0 Å². The first-order valence-corrected chi connectivity index (χ1v) is 8.59. The third-order valence-electron chi connectivity index (χ3n) is 4.67. The van der Waals surface area contributed by atoms with Crippen molar-refractivity contribution in [3.8, 4) is 11.3 Å². The number of carbonyl (C=O) groups is 1. The zero-order valence-corrected chi connectivity index (χ0v) is 14.2. The number of H-pyrrole nitrogens is 1. The van der Waals surface area contributed by atoms with Gasteiger partial charge in [0.15, 0.2) is 5.82 Å². The second-order valence-electron chi connectivity index (χ2n) is 6.31. The minimum Gasteiger partial charge on any atom is -0.309 e. The lowest BCUT2D eigenvalue weighted by Gasteiger charge is -2.34. The fourth-order valence-electron chi connectivity index (χ4n) is 3.13. The molecule has 2 heterocycles. The Morgan fingerprint density at radius 1 is 1.12 bits per heavy atom. The highest BCUT2D eigenvalue weighted by atomic mass is 35.5. The van der Waals surface area contributed by atoms with Crippen LogP contribution >= 0.6 is 11.6 Å². The van der Waals surface area contributed by atoms with Crippen LogP contribution in [0, 0.1) is 5.92 Å². The summed E-state index contributed by atoms with van der Waals surface area (Å²) in [4.78, 5) is 16.4. The van der Waals surface area contributed by atoms with Gasteiger partial charge in [0.2, 0.25) is 5.91 Å². The molecule has 2 aromatic heterocycles. The van der Waals surface area contributed by atoms with Crippen LogP contribution in [0.15, 0.2) is 54.9 Å². The Morgan fingerprint density at radius 3 is 2.56 bits per heavy atom. The summed E-state index contributed by atoms with van der Waals surface area (Å²) in [7, 11) is 0. The van der Waals surface area contributed by atoms with Crippen molar-refractivity contribution in [3.05, 3.63) is 65.4 Å². The number of hydrogen-bond acceptors (Lipinski definition) is 3. The van der Waals surface area contributed by atoms with E-state index in [9.17, 15) is 4.79 Å². The molecule has 25 heavy (non-hydrogen) atoms. The van der Waals surface area contributed by atoms with Gasteiger partial charge in [0.1, 0.15) is 0 Å². The molecular formula is C19H17ClN4O. The Kier molecular flexibility index (Phi) is 4.24. The number of anilines is 1.